The van der Waals surface area contributed by atoms with Gasteiger partial charge in [0, 0.05) is 12.8 Å². The molecule has 1 unspecified atom stereocenters. The number of hydrogen-bond donors (Lipinski definition) is 1. The summed E-state index contributed by atoms with van der Waals surface area (Å²) in [6.45, 7) is 9.06. The van der Waals surface area contributed by atoms with Crippen molar-refractivity contribution < 1.29 is 33.8 Å². The van der Waals surface area contributed by atoms with Crippen LogP contribution in [0.3, 0.4) is 0 Å². The van der Waals surface area contributed by atoms with Crippen LogP contribution in [0.25, 0.3) is 0 Å². The van der Waals surface area contributed by atoms with E-state index in [1.54, 1.807) is 8.87 Å². The predicted molar refractivity (Wildman–Crippen MR) is 219 cm³/mol. The molecule has 0 saturated carbocycles. The molecule has 0 bridgehead atoms. The van der Waals surface area contributed by atoms with Crippen LogP contribution < -0.4 is 0 Å². The van der Waals surface area contributed by atoms with Crippen LogP contribution in [-0.4, -0.2) is 56.2 Å². The molecule has 7 nitrogen and oxygen atoms in total. The summed E-state index contributed by atoms with van der Waals surface area (Å²) in [7, 11) is 0. The predicted octanol–water partition coefficient (Wildman–Crippen LogP) is 13.0. The minimum atomic E-state index is -1.83. The number of ether oxygens (including phenoxy) is 2. The van der Waals surface area contributed by atoms with Crippen molar-refractivity contribution >= 4 is 45.0 Å². The zero-order valence-electron chi connectivity index (χ0n) is 34.7. The molecule has 0 saturated heterocycles. The Morgan fingerprint density at radius 1 is 0.404 bits per heavy atom. The Bertz CT molecular complexity index is 797. The van der Waals surface area contributed by atoms with Crippen molar-refractivity contribution in [1.82, 2.24) is 0 Å². The van der Waals surface area contributed by atoms with Gasteiger partial charge in [-0.3, -0.25) is 14.4 Å². The number of carbonyl (C=O) groups is 4. The molecule has 1 N–H and O–H groups in total. The van der Waals surface area contributed by atoms with E-state index in [4.69, 9.17) is 4.74 Å². The molecule has 0 rings (SSSR count). The molecule has 0 spiro atoms. The fraction of sp³-hybridized carbons (Fsp3) is 0.909. The fourth-order valence-electron chi connectivity index (χ4n) is 5.99. The quantitative estimate of drug-likeness (QED) is 0.0287. The second-order valence-corrected chi connectivity index (χ2v) is 19.1. The Hall–Kier alpha value is -0.961. The number of esters is 4. The van der Waals surface area contributed by atoms with E-state index in [0.29, 0.717) is 12.8 Å². The van der Waals surface area contributed by atoms with Crippen molar-refractivity contribution in [2.45, 2.75) is 255 Å². The Kier molecular flexibility index (Phi) is 45.4. The summed E-state index contributed by atoms with van der Waals surface area (Å²) in [5.74, 6) is -3.54. The van der Waals surface area contributed by atoms with Gasteiger partial charge in [-0.05, 0) is 12.8 Å². The number of aliphatic hydroxyl groups is 1. The summed E-state index contributed by atoms with van der Waals surface area (Å²) in [4.78, 5) is 47.6. The number of aliphatic hydroxyl groups excluding tert-OH is 1. The summed E-state index contributed by atoms with van der Waals surface area (Å²) in [6, 6.07) is 0. The van der Waals surface area contributed by atoms with E-state index < -0.39 is 36.4 Å². The fourth-order valence-corrected chi connectivity index (χ4v) is 10.2. The van der Waals surface area contributed by atoms with E-state index in [1.807, 2.05) is 0 Å². The van der Waals surface area contributed by atoms with Crippen molar-refractivity contribution in [3.8, 4) is 0 Å². The zero-order chi connectivity index (χ0) is 38.8. The Morgan fingerprint density at radius 2 is 0.692 bits per heavy atom. The first-order valence-corrected chi connectivity index (χ1v) is 26.2. The van der Waals surface area contributed by atoms with Gasteiger partial charge in [0.05, 0.1) is 6.42 Å². The average molecular weight is 844 g/mol. The van der Waals surface area contributed by atoms with Gasteiger partial charge in [0.1, 0.15) is 0 Å². The van der Waals surface area contributed by atoms with E-state index in [1.165, 1.54) is 141 Å². The number of rotatable bonds is 37. The first-order chi connectivity index (χ1) is 25.3. The monoisotopic (exact) mass is 845 g/mol. The third-order valence-corrected chi connectivity index (χ3v) is 13.5. The van der Waals surface area contributed by atoms with Crippen molar-refractivity contribution in [2.24, 2.45) is 0 Å². The van der Waals surface area contributed by atoms with Crippen molar-refractivity contribution in [1.29, 1.82) is 0 Å². The average Bonchev–Trinajstić information content (AvgIpc) is 3.12. The van der Waals surface area contributed by atoms with E-state index in [2.05, 4.69) is 32.4 Å². The molecule has 0 heterocycles. The van der Waals surface area contributed by atoms with Crippen molar-refractivity contribution in [3.63, 3.8) is 0 Å². The van der Waals surface area contributed by atoms with Crippen molar-refractivity contribution in [3.05, 3.63) is 0 Å². The van der Waals surface area contributed by atoms with Crippen LogP contribution in [0, 0.1) is 0 Å². The number of hydrogen-bond acceptors (Lipinski definition) is 7. The van der Waals surface area contributed by atoms with Gasteiger partial charge < -0.3 is 14.6 Å². The second kappa shape index (κ2) is 44.4. The van der Waals surface area contributed by atoms with Gasteiger partial charge in [-0.25, -0.2) is 4.79 Å². The first kappa shape index (κ1) is 53.1. The van der Waals surface area contributed by atoms with E-state index in [0.717, 1.165) is 38.5 Å². The molecule has 0 aromatic heterocycles. The van der Waals surface area contributed by atoms with Gasteiger partial charge in [0.25, 0.3) is 0 Å². The summed E-state index contributed by atoms with van der Waals surface area (Å²) >= 11 is 0.149. The van der Waals surface area contributed by atoms with Gasteiger partial charge >= 0.3 is 93.4 Å². The number of carbonyl (C=O) groups excluding carboxylic acids is 4. The SMILES string of the molecule is CCCCCCCCCCCCCCCC(=O)OC(=O)CC(O)C(=O)OC(=O)CCCCCCCCCCCCCCC.CCC[CH2][Sn][CH2]CCC. The Morgan fingerprint density at radius 3 is 1.02 bits per heavy atom. The van der Waals surface area contributed by atoms with Gasteiger partial charge in [-0.2, -0.15) is 0 Å². The van der Waals surface area contributed by atoms with Crippen molar-refractivity contribution in [2.75, 3.05) is 0 Å². The third kappa shape index (κ3) is 43.4. The summed E-state index contributed by atoms with van der Waals surface area (Å²) < 4.78 is 12.6. The van der Waals surface area contributed by atoms with Crippen LogP contribution in [0.4, 0.5) is 0 Å². The molecule has 1 atom stereocenters. The summed E-state index contributed by atoms with van der Waals surface area (Å²) in [6.07, 6.45) is 34.5. The molecule has 2 radical (unpaired) electrons. The topological polar surface area (TPSA) is 107 Å². The summed E-state index contributed by atoms with van der Waals surface area (Å²) in [5.41, 5.74) is 0. The van der Waals surface area contributed by atoms with E-state index >= 15 is 0 Å². The molecule has 306 valence electrons. The molecule has 0 aliphatic carbocycles. The van der Waals surface area contributed by atoms with Crippen LogP contribution in [-0.2, 0) is 28.7 Å². The van der Waals surface area contributed by atoms with E-state index in [-0.39, 0.29) is 34.0 Å². The van der Waals surface area contributed by atoms with Crippen LogP contribution in [0.1, 0.15) is 240 Å². The second-order valence-electron chi connectivity index (χ2n) is 14.8. The Labute approximate surface area is 331 Å². The normalized spacial score (nSPS) is 11.5. The molecule has 0 aliphatic heterocycles. The molecule has 0 aromatic rings. The molecule has 0 aromatic carbocycles. The molecule has 0 aliphatic rings. The molecule has 0 fully saturated rings. The van der Waals surface area contributed by atoms with Gasteiger partial charge in [0.15, 0.2) is 6.10 Å². The van der Waals surface area contributed by atoms with Gasteiger partial charge in [-0.1, -0.05) is 168 Å². The first-order valence-electron chi connectivity index (χ1n) is 22.2. The molecule has 8 heteroatoms. The Balaban J connectivity index is 0. The van der Waals surface area contributed by atoms with Crippen LogP contribution in [0.15, 0.2) is 0 Å². The summed E-state index contributed by atoms with van der Waals surface area (Å²) in [5, 5.41) is 9.89. The standard InChI is InChI=1S/C36H66O7.2C4H9.Sn/c1-3-5-7-9-11-13-15-17-19-21-23-25-27-29-33(38)42-35(40)31-32(37)36(41)43-34(39)30-28-26-24-22-20-18-16-14-12-10-8-6-4-2;2*1-3-4-2;/h32,37H,3-31H2,1-2H3;2*1,3-4H2,2H3;. The molecular weight excluding hydrogens is 759 g/mol. The van der Waals surface area contributed by atoms with Crippen LogP contribution in [0.2, 0.25) is 8.87 Å². The third-order valence-electron chi connectivity index (χ3n) is 9.46. The van der Waals surface area contributed by atoms with Crippen LogP contribution >= 0.6 is 0 Å². The molecule has 0 amide bonds. The minimum absolute atomic E-state index is 0.0955. The van der Waals surface area contributed by atoms with Gasteiger partial charge in [0.2, 0.25) is 0 Å². The molecule has 52 heavy (non-hydrogen) atoms. The zero-order valence-corrected chi connectivity index (χ0v) is 37.6. The van der Waals surface area contributed by atoms with Crippen LogP contribution in [0.5, 0.6) is 0 Å². The maximum absolute atomic E-state index is 11.9. The molecular formula is C44H84O7Sn. The maximum atomic E-state index is 11.9. The van der Waals surface area contributed by atoms with Gasteiger partial charge in [-0.15, -0.1) is 0 Å². The van der Waals surface area contributed by atoms with E-state index in [9.17, 15) is 24.3 Å². The number of unbranched alkanes of at least 4 members (excludes halogenated alkanes) is 26.